The molecule has 23 heavy (non-hydrogen) atoms. The molecule has 2 aromatic carbocycles. The molecule has 0 saturated carbocycles. The molecule has 1 aliphatic rings. The van der Waals surface area contributed by atoms with Crippen LogP contribution in [0.4, 0.5) is 11.4 Å². The molecule has 4 heteroatoms. The molecule has 2 N–H and O–H groups in total. The summed E-state index contributed by atoms with van der Waals surface area (Å²) in [7, 11) is 0. The SMILES string of the molecule is O[C@@H](CN(c1ccccc1)c1ccccc1)C[NH+]1CCOCC1. The smallest absolute Gasteiger partial charge is 0.121 e. The fourth-order valence-electron chi connectivity index (χ4n) is 3.05. The summed E-state index contributed by atoms with van der Waals surface area (Å²) in [5.74, 6) is 0. The zero-order chi connectivity index (χ0) is 15.9. The molecule has 0 unspecified atom stereocenters. The monoisotopic (exact) mass is 313 g/mol. The Labute approximate surface area is 137 Å². The second-order valence-corrected chi connectivity index (χ2v) is 6.00. The van der Waals surface area contributed by atoms with Crippen LogP contribution >= 0.6 is 0 Å². The molecule has 0 radical (unpaired) electrons. The van der Waals surface area contributed by atoms with Crippen molar-refractivity contribution in [3.8, 4) is 0 Å². The molecular formula is C19H25N2O2+. The standard InChI is InChI=1S/C19H24N2O2/c22-19(15-20-11-13-23-14-12-20)16-21(17-7-3-1-4-8-17)18-9-5-2-6-10-18/h1-10,19,22H,11-16H2/p+1/t19-/m1/s1. The second kappa shape index (κ2) is 8.11. The first-order valence-electron chi connectivity index (χ1n) is 8.30. The third-order valence-corrected chi connectivity index (χ3v) is 4.25. The Balaban J connectivity index is 1.71. The van der Waals surface area contributed by atoms with Crippen LogP contribution in [0.15, 0.2) is 60.7 Å². The van der Waals surface area contributed by atoms with E-state index >= 15 is 0 Å². The van der Waals surface area contributed by atoms with Gasteiger partial charge in [0.1, 0.15) is 25.7 Å². The first-order valence-corrected chi connectivity index (χ1v) is 8.30. The number of quaternary nitrogens is 1. The van der Waals surface area contributed by atoms with Crippen molar-refractivity contribution in [3.05, 3.63) is 60.7 Å². The predicted molar refractivity (Wildman–Crippen MR) is 92.3 cm³/mol. The van der Waals surface area contributed by atoms with Gasteiger partial charge in [0.2, 0.25) is 0 Å². The molecule has 4 nitrogen and oxygen atoms in total. The summed E-state index contributed by atoms with van der Waals surface area (Å²) >= 11 is 0. The number of hydrogen-bond acceptors (Lipinski definition) is 3. The molecule has 122 valence electrons. The molecule has 1 atom stereocenters. The summed E-state index contributed by atoms with van der Waals surface area (Å²) in [6, 6.07) is 20.5. The van der Waals surface area contributed by atoms with Crippen LogP contribution in [0.1, 0.15) is 0 Å². The van der Waals surface area contributed by atoms with Crippen molar-refractivity contribution in [1.82, 2.24) is 0 Å². The van der Waals surface area contributed by atoms with Crippen LogP contribution in [0.5, 0.6) is 0 Å². The van der Waals surface area contributed by atoms with Gasteiger partial charge in [0.25, 0.3) is 0 Å². The summed E-state index contributed by atoms with van der Waals surface area (Å²) in [6.45, 7) is 4.91. The largest absolute Gasteiger partial charge is 0.385 e. The number of morpholine rings is 1. The second-order valence-electron chi connectivity index (χ2n) is 6.00. The molecule has 0 amide bonds. The molecule has 1 saturated heterocycles. The summed E-state index contributed by atoms with van der Waals surface area (Å²) in [5, 5.41) is 10.6. The van der Waals surface area contributed by atoms with E-state index in [1.165, 1.54) is 4.90 Å². The summed E-state index contributed by atoms with van der Waals surface area (Å²) < 4.78 is 5.39. The van der Waals surface area contributed by atoms with E-state index in [1.807, 2.05) is 36.4 Å². The van der Waals surface area contributed by atoms with Gasteiger partial charge >= 0.3 is 0 Å². The number of hydrogen-bond donors (Lipinski definition) is 2. The Morgan fingerprint density at radius 2 is 1.43 bits per heavy atom. The molecule has 0 aliphatic carbocycles. The van der Waals surface area contributed by atoms with E-state index in [9.17, 15) is 5.11 Å². The molecule has 0 aromatic heterocycles. The first kappa shape index (κ1) is 16.0. The van der Waals surface area contributed by atoms with Crippen molar-refractivity contribution in [3.63, 3.8) is 0 Å². The number of benzene rings is 2. The van der Waals surface area contributed by atoms with Crippen molar-refractivity contribution in [1.29, 1.82) is 0 Å². The number of para-hydroxylation sites is 2. The van der Waals surface area contributed by atoms with Crippen LogP contribution < -0.4 is 9.80 Å². The highest BCUT2D eigenvalue weighted by Crippen LogP contribution is 2.24. The van der Waals surface area contributed by atoms with E-state index in [2.05, 4.69) is 29.2 Å². The zero-order valence-corrected chi connectivity index (χ0v) is 13.4. The van der Waals surface area contributed by atoms with Crippen molar-refractivity contribution in [2.24, 2.45) is 0 Å². The molecule has 3 rings (SSSR count). The maximum Gasteiger partial charge on any atom is 0.121 e. The van der Waals surface area contributed by atoms with E-state index in [0.717, 1.165) is 44.2 Å². The molecule has 0 bridgehead atoms. The lowest BCUT2D eigenvalue weighted by Gasteiger charge is -2.30. The number of aliphatic hydroxyl groups is 1. The van der Waals surface area contributed by atoms with Crippen LogP contribution in [-0.2, 0) is 4.74 Å². The Bertz CT molecular complexity index is 531. The summed E-state index contributed by atoms with van der Waals surface area (Å²) in [5.41, 5.74) is 2.21. The zero-order valence-electron chi connectivity index (χ0n) is 13.4. The van der Waals surface area contributed by atoms with Gasteiger partial charge in [-0.3, -0.25) is 0 Å². The number of aliphatic hydroxyl groups excluding tert-OH is 1. The van der Waals surface area contributed by atoms with Crippen molar-refractivity contribution >= 4 is 11.4 Å². The van der Waals surface area contributed by atoms with Crippen LogP contribution in [-0.4, -0.2) is 50.6 Å². The molecule has 1 fully saturated rings. The number of ether oxygens (including phenoxy) is 1. The van der Waals surface area contributed by atoms with Crippen molar-refractivity contribution in [2.45, 2.75) is 6.10 Å². The Hall–Kier alpha value is -1.88. The number of nitrogens with one attached hydrogen (secondary N) is 1. The van der Waals surface area contributed by atoms with Gasteiger partial charge in [0, 0.05) is 11.4 Å². The van der Waals surface area contributed by atoms with Crippen LogP contribution in [0.2, 0.25) is 0 Å². The predicted octanol–water partition coefficient (Wildman–Crippen LogP) is 1.10. The van der Waals surface area contributed by atoms with Gasteiger partial charge in [-0.2, -0.15) is 0 Å². The lowest BCUT2D eigenvalue weighted by atomic mass is 10.2. The highest BCUT2D eigenvalue weighted by molar-refractivity contribution is 5.62. The molecule has 1 aliphatic heterocycles. The van der Waals surface area contributed by atoms with Gasteiger partial charge in [-0.15, -0.1) is 0 Å². The minimum absolute atomic E-state index is 0.372. The van der Waals surface area contributed by atoms with Gasteiger partial charge in [0.15, 0.2) is 0 Å². The van der Waals surface area contributed by atoms with Crippen molar-refractivity contribution < 1.29 is 14.7 Å². The van der Waals surface area contributed by atoms with Gasteiger partial charge in [-0.25, -0.2) is 0 Å². The van der Waals surface area contributed by atoms with Crippen LogP contribution in [0, 0.1) is 0 Å². The summed E-state index contributed by atoms with van der Waals surface area (Å²) in [4.78, 5) is 3.61. The Morgan fingerprint density at radius 1 is 0.913 bits per heavy atom. The fraction of sp³-hybridized carbons (Fsp3) is 0.368. The van der Waals surface area contributed by atoms with Crippen LogP contribution in [0.3, 0.4) is 0 Å². The Morgan fingerprint density at radius 3 is 1.96 bits per heavy atom. The normalized spacial score (nSPS) is 16.9. The van der Waals surface area contributed by atoms with Gasteiger partial charge in [-0.05, 0) is 24.3 Å². The minimum atomic E-state index is -0.372. The quantitative estimate of drug-likeness (QED) is 0.839. The number of nitrogens with zero attached hydrogens (tertiary/aromatic N) is 1. The lowest BCUT2D eigenvalue weighted by molar-refractivity contribution is -0.910. The maximum absolute atomic E-state index is 10.6. The highest BCUT2D eigenvalue weighted by Gasteiger charge is 2.21. The van der Waals surface area contributed by atoms with Gasteiger partial charge in [0.05, 0.1) is 19.8 Å². The average molecular weight is 313 g/mol. The fourth-order valence-corrected chi connectivity index (χ4v) is 3.05. The van der Waals surface area contributed by atoms with Crippen molar-refractivity contribution in [2.75, 3.05) is 44.3 Å². The third-order valence-electron chi connectivity index (χ3n) is 4.25. The van der Waals surface area contributed by atoms with Gasteiger partial charge < -0.3 is 19.6 Å². The highest BCUT2D eigenvalue weighted by atomic mass is 16.5. The number of rotatable bonds is 6. The average Bonchev–Trinajstić information content (AvgIpc) is 2.62. The molecule has 1 heterocycles. The molecule has 0 spiro atoms. The summed E-state index contributed by atoms with van der Waals surface area (Å²) in [6.07, 6.45) is -0.372. The van der Waals surface area contributed by atoms with E-state index in [0.29, 0.717) is 6.54 Å². The minimum Gasteiger partial charge on any atom is -0.385 e. The van der Waals surface area contributed by atoms with E-state index < -0.39 is 0 Å². The lowest BCUT2D eigenvalue weighted by Crippen LogP contribution is -3.15. The van der Waals surface area contributed by atoms with E-state index in [4.69, 9.17) is 4.74 Å². The maximum atomic E-state index is 10.6. The number of anilines is 2. The van der Waals surface area contributed by atoms with Gasteiger partial charge in [-0.1, -0.05) is 36.4 Å². The topological polar surface area (TPSA) is 37.1 Å². The first-order chi connectivity index (χ1) is 11.3. The van der Waals surface area contributed by atoms with E-state index in [-0.39, 0.29) is 6.10 Å². The Kier molecular flexibility index (Phi) is 5.64. The molecular weight excluding hydrogens is 288 g/mol. The molecule has 2 aromatic rings. The van der Waals surface area contributed by atoms with E-state index in [1.54, 1.807) is 0 Å². The van der Waals surface area contributed by atoms with Crippen LogP contribution in [0.25, 0.3) is 0 Å². The third kappa shape index (κ3) is 4.55.